The molecule has 3 heterocycles. The van der Waals surface area contributed by atoms with Crippen molar-refractivity contribution >= 4 is 17.4 Å². The van der Waals surface area contributed by atoms with Gasteiger partial charge in [-0.2, -0.15) is 0 Å². The highest BCUT2D eigenvalue weighted by Gasteiger charge is 2.32. The number of hydrogen-bond acceptors (Lipinski definition) is 5. The van der Waals surface area contributed by atoms with Crippen LogP contribution in [0.1, 0.15) is 44.2 Å². The van der Waals surface area contributed by atoms with Gasteiger partial charge < -0.3 is 15.8 Å². The van der Waals surface area contributed by atoms with E-state index in [9.17, 15) is 4.39 Å². The molecule has 1 aliphatic carbocycles. The number of aromatic nitrogens is 2. The van der Waals surface area contributed by atoms with Crippen molar-refractivity contribution in [3.63, 3.8) is 0 Å². The van der Waals surface area contributed by atoms with E-state index in [0.29, 0.717) is 48.9 Å². The topological polar surface area (TPSA) is 73.1 Å². The number of hydrogen-bond donors (Lipinski definition) is 2. The third-order valence-corrected chi connectivity index (χ3v) is 6.60. The molecule has 7 heteroatoms. The molecule has 4 rings (SSSR count). The standard InChI is InChI=1S/C23H30ClFN4O/c24-20-14-27-18(12-16-4-6-17(26)7-5-16)13-19(20)21-2-1-3-22(29-21)28-15-23(25)8-10-30-11-9-23/h1-3,13-14,16-17H,4-12,15,26H2,(H,28,29). The number of rotatable bonds is 6. The van der Waals surface area contributed by atoms with Gasteiger partial charge in [0.1, 0.15) is 11.5 Å². The molecule has 2 aliphatic rings. The Morgan fingerprint density at radius 2 is 1.97 bits per heavy atom. The van der Waals surface area contributed by atoms with Gasteiger partial charge in [0.15, 0.2) is 0 Å². The molecule has 3 N–H and O–H groups in total. The number of nitrogens with two attached hydrogens (primary N) is 1. The zero-order valence-electron chi connectivity index (χ0n) is 17.2. The highest BCUT2D eigenvalue weighted by molar-refractivity contribution is 6.33. The van der Waals surface area contributed by atoms with E-state index in [1.54, 1.807) is 6.20 Å². The molecule has 0 amide bonds. The Morgan fingerprint density at radius 3 is 2.73 bits per heavy atom. The van der Waals surface area contributed by atoms with E-state index in [1.165, 1.54) is 0 Å². The van der Waals surface area contributed by atoms with Crippen molar-refractivity contribution in [3.05, 3.63) is 41.2 Å². The Bertz CT molecular complexity index is 851. The van der Waals surface area contributed by atoms with Crippen LogP contribution in [0, 0.1) is 5.92 Å². The Labute approximate surface area is 182 Å². The van der Waals surface area contributed by atoms with Gasteiger partial charge in [-0.05, 0) is 56.2 Å². The van der Waals surface area contributed by atoms with Gasteiger partial charge in [-0.25, -0.2) is 9.37 Å². The fourth-order valence-corrected chi connectivity index (χ4v) is 4.52. The molecule has 1 saturated heterocycles. The fraction of sp³-hybridized carbons (Fsp3) is 0.565. The second-order valence-electron chi connectivity index (χ2n) is 8.67. The third kappa shape index (κ3) is 5.48. The second kappa shape index (κ2) is 9.58. The highest BCUT2D eigenvalue weighted by Crippen LogP contribution is 2.31. The van der Waals surface area contributed by atoms with Crippen LogP contribution in [-0.4, -0.2) is 41.4 Å². The minimum atomic E-state index is -1.25. The molecule has 0 spiro atoms. The summed E-state index contributed by atoms with van der Waals surface area (Å²) in [5.74, 6) is 1.26. The first-order valence-electron chi connectivity index (χ1n) is 10.9. The Balaban J connectivity index is 1.46. The lowest BCUT2D eigenvalue weighted by molar-refractivity contribution is -0.00119. The molecule has 0 radical (unpaired) electrons. The van der Waals surface area contributed by atoms with Gasteiger partial charge in [-0.15, -0.1) is 0 Å². The number of nitrogens with one attached hydrogen (secondary N) is 1. The van der Waals surface area contributed by atoms with E-state index in [1.807, 2.05) is 24.3 Å². The van der Waals surface area contributed by atoms with E-state index in [2.05, 4.69) is 15.3 Å². The predicted octanol–water partition coefficient (Wildman–Crippen LogP) is 4.79. The largest absolute Gasteiger partial charge is 0.381 e. The predicted molar refractivity (Wildman–Crippen MR) is 118 cm³/mol. The summed E-state index contributed by atoms with van der Waals surface area (Å²) < 4.78 is 20.1. The molecule has 2 aromatic heterocycles. The molecule has 1 saturated carbocycles. The van der Waals surface area contributed by atoms with Gasteiger partial charge in [0, 0.05) is 49.6 Å². The number of anilines is 1. The van der Waals surface area contributed by atoms with Crippen molar-refractivity contribution in [1.82, 2.24) is 9.97 Å². The molecule has 5 nitrogen and oxygen atoms in total. The highest BCUT2D eigenvalue weighted by atomic mass is 35.5. The zero-order valence-corrected chi connectivity index (χ0v) is 18.0. The summed E-state index contributed by atoms with van der Waals surface area (Å²) in [6.45, 7) is 1.16. The van der Waals surface area contributed by atoms with Crippen LogP contribution >= 0.6 is 11.6 Å². The normalized spacial score (nSPS) is 23.8. The summed E-state index contributed by atoms with van der Waals surface area (Å²) in [5, 5.41) is 3.73. The lowest BCUT2D eigenvalue weighted by Crippen LogP contribution is -2.38. The minimum absolute atomic E-state index is 0.228. The molecular formula is C23H30ClFN4O. The number of nitrogens with zero attached hydrogens (tertiary/aromatic N) is 2. The zero-order chi connectivity index (χ0) is 21.0. The number of ether oxygens (including phenoxy) is 1. The summed E-state index contributed by atoms with van der Waals surface area (Å²) in [5.41, 5.74) is 7.43. The van der Waals surface area contributed by atoms with Crippen molar-refractivity contribution in [1.29, 1.82) is 0 Å². The van der Waals surface area contributed by atoms with Crippen LogP contribution in [0.25, 0.3) is 11.3 Å². The molecule has 1 aliphatic heterocycles. The summed E-state index contributed by atoms with van der Waals surface area (Å²) in [4.78, 5) is 9.22. The van der Waals surface area contributed by atoms with Crippen molar-refractivity contribution in [3.8, 4) is 11.3 Å². The van der Waals surface area contributed by atoms with Crippen LogP contribution in [0.5, 0.6) is 0 Å². The minimum Gasteiger partial charge on any atom is -0.381 e. The van der Waals surface area contributed by atoms with Gasteiger partial charge in [-0.3, -0.25) is 4.98 Å². The lowest BCUT2D eigenvalue weighted by atomic mass is 9.83. The fourth-order valence-electron chi connectivity index (χ4n) is 4.32. The maximum Gasteiger partial charge on any atom is 0.132 e. The average molecular weight is 433 g/mol. The molecule has 162 valence electrons. The van der Waals surface area contributed by atoms with Crippen LogP contribution in [0.2, 0.25) is 5.02 Å². The van der Waals surface area contributed by atoms with E-state index in [0.717, 1.165) is 49.1 Å². The molecule has 0 unspecified atom stereocenters. The third-order valence-electron chi connectivity index (χ3n) is 6.30. The monoisotopic (exact) mass is 432 g/mol. The Morgan fingerprint density at radius 1 is 1.20 bits per heavy atom. The summed E-state index contributed by atoms with van der Waals surface area (Å²) in [6.07, 6.45) is 7.92. The first-order valence-corrected chi connectivity index (χ1v) is 11.3. The first-order chi connectivity index (χ1) is 14.5. The smallest absolute Gasteiger partial charge is 0.132 e. The first kappa shape index (κ1) is 21.5. The Hall–Kier alpha value is -1.76. The molecule has 2 fully saturated rings. The lowest BCUT2D eigenvalue weighted by Gasteiger charge is -2.29. The van der Waals surface area contributed by atoms with Gasteiger partial charge in [-0.1, -0.05) is 17.7 Å². The SMILES string of the molecule is NC1CCC(Cc2cc(-c3cccc(NCC4(F)CCOCC4)n3)c(Cl)cn2)CC1. The van der Waals surface area contributed by atoms with Gasteiger partial charge in [0.05, 0.1) is 17.3 Å². The van der Waals surface area contributed by atoms with Gasteiger partial charge >= 0.3 is 0 Å². The molecule has 2 aromatic rings. The summed E-state index contributed by atoms with van der Waals surface area (Å²) in [7, 11) is 0. The molecular weight excluding hydrogens is 403 g/mol. The summed E-state index contributed by atoms with van der Waals surface area (Å²) in [6, 6.07) is 8.08. The van der Waals surface area contributed by atoms with Gasteiger partial charge in [0.2, 0.25) is 0 Å². The van der Waals surface area contributed by atoms with Crippen molar-refractivity contribution < 1.29 is 9.13 Å². The van der Waals surface area contributed by atoms with Crippen LogP contribution < -0.4 is 11.1 Å². The average Bonchev–Trinajstić information content (AvgIpc) is 2.76. The van der Waals surface area contributed by atoms with E-state index >= 15 is 0 Å². The quantitative estimate of drug-likeness (QED) is 0.686. The number of pyridine rings is 2. The molecule has 0 atom stereocenters. The van der Waals surface area contributed by atoms with Crippen LogP contribution in [0.4, 0.5) is 10.2 Å². The number of alkyl halides is 1. The molecule has 0 aromatic carbocycles. The maximum atomic E-state index is 14.8. The van der Waals surface area contributed by atoms with Crippen molar-refractivity contribution in [2.24, 2.45) is 11.7 Å². The second-order valence-corrected chi connectivity index (χ2v) is 9.07. The molecule has 30 heavy (non-hydrogen) atoms. The van der Waals surface area contributed by atoms with Crippen LogP contribution in [0.15, 0.2) is 30.5 Å². The number of halogens is 2. The van der Waals surface area contributed by atoms with E-state index in [-0.39, 0.29) is 6.54 Å². The maximum absolute atomic E-state index is 14.8. The van der Waals surface area contributed by atoms with Crippen molar-refractivity contribution in [2.45, 2.75) is 56.7 Å². The molecule has 0 bridgehead atoms. The van der Waals surface area contributed by atoms with Crippen LogP contribution in [0.3, 0.4) is 0 Å². The van der Waals surface area contributed by atoms with E-state index < -0.39 is 5.67 Å². The van der Waals surface area contributed by atoms with Crippen LogP contribution in [-0.2, 0) is 11.2 Å². The summed E-state index contributed by atoms with van der Waals surface area (Å²) >= 11 is 6.45. The van der Waals surface area contributed by atoms with Gasteiger partial charge in [0.25, 0.3) is 0 Å². The Kier molecular flexibility index (Phi) is 6.86. The van der Waals surface area contributed by atoms with E-state index in [4.69, 9.17) is 22.1 Å². The van der Waals surface area contributed by atoms with Crippen molar-refractivity contribution in [2.75, 3.05) is 25.1 Å².